The zero-order chi connectivity index (χ0) is 17.5. The molecule has 2 aromatic heterocycles. The van der Waals surface area contributed by atoms with Crippen LogP contribution in [0.25, 0.3) is 22.9 Å². The number of halogens is 6. The Labute approximate surface area is 164 Å². The molecular weight excluding hydrogens is 445 g/mol. The first kappa shape index (κ1) is 18.0. The number of benzene rings is 1. The van der Waals surface area contributed by atoms with Gasteiger partial charge in [-0.1, -0.05) is 86.0 Å². The average molecular weight is 449 g/mol. The van der Waals surface area contributed by atoms with Gasteiger partial charge in [-0.2, -0.15) is 9.97 Å². The van der Waals surface area contributed by atoms with Gasteiger partial charge in [-0.3, -0.25) is 0 Å². The summed E-state index contributed by atoms with van der Waals surface area (Å²) in [6.07, 6.45) is 0. The summed E-state index contributed by atoms with van der Waals surface area (Å²) in [5.41, 5.74) is 1.10. The van der Waals surface area contributed by atoms with Crippen molar-refractivity contribution in [2.75, 3.05) is 0 Å². The van der Waals surface area contributed by atoms with Crippen LogP contribution in [0.2, 0.25) is 0 Å². The largest absolute Gasteiger partial charge is 0.334 e. The molecule has 6 nitrogen and oxygen atoms in total. The SMILES string of the molecule is ClC(Cl)(Cl)c1noc(-c2cccc(-c3nc(C(Cl)(Cl)Cl)no3)c2)n1. The maximum atomic E-state index is 5.71. The molecule has 3 aromatic rings. The second-order valence-corrected chi connectivity index (χ2v) is 8.99. The Bertz CT molecular complexity index is 799. The Morgan fingerprint density at radius 2 is 1.12 bits per heavy atom. The van der Waals surface area contributed by atoms with E-state index in [0.717, 1.165) is 0 Å². The van der Waals surface area contributed by atoms with Crippen molar-refractivity contribution in [1.82, 2.24) is 20.3 Å². The third-order valence-corrected chi connectivity index (χ3v) is 3.73. The first-order valence-electron chi connectivity index (χ1n) is 6.07. The fourth-order valence-corrected chi connectivity index (χ4v) is 2.16. The lowest BCUT2D eigenvalue weighted by atomic mass is 10.1. The zero-order valence-corrected chi connectivity index (χ0v) is 15.7. The highest BCUT2D eigenvalue weighted by molar-refractivity contribution is 6.67. The quantitative estimate of drug-likeness (QED) is 0.486. The van der Waals surface area contributed by atoms with Crippen LogP contribution >= 0.6 is 69.6 Å². The van der Waals surface area contributed by atoms with Crippen molar-refractivity contribution in [1.29, 1.82) is 0 Å². The van der Waals surface area contributed by atoms with E-state index in [9.17, 15) is 0 Å². The average Bonchev–Trinajstić information content (AvgIpc) is 3.16. The summed E-state index contributed by atoms with van der Waals surface area (Å²) in [5, 5.41) is 7.23. The Kier molecular flexibility index (Phi) is 4.90. The predicted octanol–water partition coefficient (Wildman–Crippen LogP) is 5.44. The third-order valence-electron chi connectivity index (χ3n) is 2.72. The lowest BCUT2D eigenvalue weighted by Gasteiger charge is -2.02. The third kappa shape index (κ3) is 3.90. The van der Waals surface area contributed by atoms with Crippen molar-refractivity contribution in [2.45, 2.75) is 7.59 Å². The minimum absolute atomic E-state index is 0.0795. The molecule has 24 heavy (non-hydrogen) atoms. The summed E-state index contributed by atoms with van der Waals surface area (Å²) in [7, 11) is 0. The molecule has 0 radical (unpaired) electrons. The molecule has 1 aromatic carbocycles. The van der Waals surface area contributed by atoms with Crippen LogP contribution in [0.5, 0.6) is 0 Å². The number of hydrogen-bond donors (Lipinski definition) is 0. The minimum atomic E-state index is -1.79. The summed E-state index contributed by atoms with van der Waals surface area (Å²) in [6.45, 7) is 0. The highest BCUT2D eigenvalue weighted by Gasteiger charge is 2.31. The van der Waals surface area contributed by atoms with E-state index in [1.807, 2.05) is 0 Å². The van der Waals surface area contributed by atoms with Gasteiger partial charge in [0.15, 0.2) is 0 Å². The van der Waals surface area contributed by atoms with Gasteiger partial charge in [-0.25, -0.2) is 0 Å². The number of rotatable bonds is 2. The molecular formula is C12H4Cl6N4O2. The molecule has 0 fully saturated rings. The number of alkyl halides is 6. The minimum Gasteiger partial charge on any atom is -0.334 e. The van der Waals surface area contributed by atoms with Crippen LogP contribution in [0, 0.1) is 0 Å². The molecule has 12 heteroatoms. The van der Waals surface area contributed by atoms with Crippen molar-refractivity contribution in [3.8, 4) is 22.9 Å². The highest BCUT2D eigenvalue weighted by atomic mass is 35.6. The maximum Gasteiger partial charge on any atom is 0.258 e. The fraction of sp³-hybridized carbons (Fsp3) is 0.167. The molecule has 0 bridgehead atoms. The molecule has 0 N–H and O–H groups in total. The van der Waals surface area contributed by atoms with Gasteiger partial charge in [0.2, 0.25) is 11.6 Å². The van der Waals surface area contributed by atoms with Crippen LogP contribution in [-0.4, -0.2) is 20.3 Å². The van der Waals surface area contributed by atoms with E-state index in [2.05, 4.69) is 20.3 Å². The van der Waals surface area contributed by atoms with Gasteiger partial charge < -0.3 is 9.05 Å². The van der Waals surface area contributed by atoms with E-state index in [0.29, 0.717) is 11.1 Å². The van der Waals surface area contributed by atoms with Crippen LogP contribution in [-0.2, 0) is 7.59 Å². The molecule has 2 heterocycles. The monoisotopic (exact) mass is 446 g/mol. The summed E-state index contributed by atoms with van der Waals surface area (Å²) in [6, 6.07) is 6.80. The molecule has 0 saturated carbocycles. The van der Waals surface area contributed by atoms with Crippen LogP contribution < -0.4 is 0 Å². The molecule has 0 atom stereocenters. The summed E-state index contributed by atoms with van der Waals surface area (Å²) in [5.74, 6) is 0.145. The van der Waals surface area contributed by atoms with Gasteiger partial charge in [0.25, 0.3) is 19.4 Å². The standard InChI is InChI=1S/C12H4Cl6N4O2/c13-11(14,15)9-19-7(23-21-9)5-2-1-3-6(4-5)8-20-10(22-24-8)12(16,17)18/h1-4H. The summed E-state index contributed by atoms with van der Waals surface area (Å²) < 4.78 is 6.59. The van der Waals surface area contributed by atoms with Gasteiger partial charge in [0.05, 0.1) is 0 Å². The summed E-state index contributed by atoms with van der Waals surface area (Å²) in [4.78, 5) is 8.05. The Balaban J connectivity index is 1.95. The van der Waals surface area contributed by atoms with E-state index in [1.54, 1.807) is 24.3 Å². The Morgan fingerprint density at radius 1 is 0.708 bits per heavy atom. The predicted molar refractivity (Wildman–Crippen MR) is 91.5 cm³/mol. The number of aromatic nitrogens is 4. The first-order chi connectivity index (χ1) is 11.1. The molecule has 0 amide bonds. The lowest BCUT2D eigenvalue weighted by Crippen LogP contribution is -2.02. The van der Waals surface area contributed by atoms with Gasteiger partial charge in [-0.15, -0.1) is 0 Å². The van der Waals surface area contributed by atoms with Gasteiger partial charge >= 0.3 is 0 Å². The number of nitrogens with zero attached hydrogens (tertiary/aromatic N) is 4. The van der Waals surface area contributed by atoms with Gasteiger partial charge in [0.1, 0.15) is 0 Å². The van der Waals surface area contributed by atoms with Crippen LogP contribution in [0.1, 0.15) is 11.6 Å². The molecule has 0 spiro atoms. The second kappa shape index (κ2) is 6.52. The Morgan fingerprint density at radius 3 is 1.46 bits per heavy atom. The zero-order valence-electron chi connectivity index (χ0n) is 11.2. The topological polar surface area (TPSA) is 77.8 Å². The molecule has 0 aliphatic carbocycles. The molecule has 0 aliphatic heterocycles. The molecule has 0 unspecified atom stereocenters. The van der Waals surface area contributed by atoms with Crippen molar-refractivity contribution < 1.29 is 9.05 Å². The molecule has 3 rings (SSSR count). The van der Waals surface area contributed by atoms with E-state index >= 15 is 0 Å². The van der Waals surface area contributed by atoms with E-state index in [-0.39, 0.29) is 23.4 Å². The highest BCUT2D eigenvalue weighted by Crippen LogP contribution is 2.38. The van der Waals surface area contributed by atoms with Crippen molar-refractivity contribution in [2.24, 2.45) is 0 Å². The smallest absolute Gasteiger partial charge is 0.258 e. The van der Waals surface area contributed by atoms with Crippen LogP contribution in [0.15, 0.2) is 33.3 Å². The van der Waals surface area contributed by atoms with Crippen molar-refractivity contribution in [3.05, 3.63) is 35.9 Å². The molecule has 0 saturated heterocycles. The van der Waals surface area contributed by atoms with E-state index in [1.165, 1.54) is 0 Å². The molecule has 126 valence electrons. The van der Waals surface area contributed by atoms with Gasteiger partial charge in [0, 0.05) is 11.1 Å². The van der Waals surface area contributed by atoms with Crippen LogP contribution in [0.4, 0.5) is 0 Å². The molecule has 0 aliphatic rings. The normalized spacial score (nSPS) is 12.6. The van der Waals surface area contributed by atoms with Crippen molar-refractivity contribution in [3.63, 3.8) is 0 Å². The number of hydrogen-bond acceptors (Lipinski definition) is 6. The van der Waals surface area contributed by atoms with Crippen molar-refractivity contribution >= 4 is 69.6 Å². The first-order valence-corrected chi connectivity index (χ1v) is 8.34. The lowest BCUT2D eigenvalue weighted by molar-refractivity contribution is 0.422. The second-order valence-electron chi connectivity index (χ2n) is 4.42. The van der Waals surface area contributed by atoms with E-state index in [4.69, 9.17) is 78.7 Å². The Hall–Kier alpha value is -0.760. The summed E-state index contributed by atoms with van der Waals surface area (Å²) >= 11 is 34.2. The van der Waals surface area contributed by atoms with Gasteiger partial charge in [-0.05, 0) is 18.2 Å². The van der Waals surface area contributed by atoms with Crippen LogP contribution in [0.3, 0.4) is 0 Å². The fourth-order valence-electron chi connectivity index (χ4n) is 1.70. The maximum absolute atomic E-state index is 5.71. The van der Waals surface area contributed by atoms with E-state index < -0.39 is 7.59 Å².